The number of halogens is 2. The second-order valence-electron chi connectivity index (χ2n) is 7.93. The summed E-state index contributed by atoms with van der Waals surface area (Å²) in [6, 6.07) is 6.65. The molecule has 2 aromatic heterocycles. The largest absolute Gasteiger partial charge is 0.332 e. The summed E-state index contributed by atoms with van der Waals surface area (Å²) in [5.74, 6) is -0.519. The van der Waals surface area contributed by atoms with Crippen molar-refractivity contribution in [3.63, 3.8) is 0 Å². The molecule has 0 saturated heterocycles. The van der Waals surface area contributed by atoms with Gasteiger partial charge in [-0.1, -0.05) is 44.4 Å². The summed E-state index contributed by atoms with van der Waals surface area (Å²) >= 11 is 1.66. The van der Waals surface area contributed by atoms with E-state index in [0.29, 0.717) is 13.1 Å². The molecule has 0 aliphatic heterocycles. The fourth-order valence-electron chi connectivity index (χ4n) is 3.47. The summed E-state index contributed by atoms with van der Waals surface area (Å²) < 4.78 is 27.1. The SMILES string of the molecule is CCCCCCN(CCCCCSc1nc2ncccc2[nH]1)C(=O)Nc1ccc(F)cc1F. The molecule has 0 saturated carbocycles. The van der Waals surface area contributed by atoms with Crippen LogP contribution in [0.2, 0.25) is 0 Å². The van der Waals surface area contributed by atoms with Crippen LogP contribution in [0.1, 0.15) is 51.9 Å². The number of imidazole rings is 1. The number of H-pyrrole nitrogens is 1. The monoisotopic (exact) mass is 475 g/mol. The Labute approximate surface area is 197 Å². The molecule has 1 aromatic carbocycles. The van der Waals surface area contributed by atoms with E-state index in [2.05, 4.69) is 27.2 Å². The van der Waals surface area contributed by atoms with Gasteiger partial charge in [-0.25, -0.2) is 23.5 Å². The second kappa shape index (κ2) is 13.1. The molecule has 3 aromatic rings. The van der Waals surface area contributed by atoms with Crippen LogP contribution in [0.3, 0.4) is 0 Å². The number of hydrogen-bond acceptors (Lipinski definition) is 4. The zero-order valence-corrected chi connectivity index (χ0v) is 19.8. The average Bonchev–Trinajstić information content (AvgIpc) is 3.22. The van der Waals surface area contributed by atoms with Gasteiger partial charge in [0.25, 0.3) is 0 Å². The lowest BCUT2D eigenvalue weighted by molar-refractivity contribution is 0.209. The van der Waals surface area contributed by atoms with Gasteiger partial charge in [0.05, 0.1) is 11.2 Å². The number of thioether (sulfide) groups is 1. The first kappa shape index (κ1) is 25.0. The predicted octanol–water partition coefficient (Wildman–Crippen LogP) is 6.61. The van der Waals surface area contributed by atoms with Gasteiger partial charge in [0.15, 0.2) is 10.8 Å². The van der Waals surface area contributed by atoms with Crippen LogP contribution in [0.5, 0.6) is 0 Å². The highest BCUT2D eigenvalue weighted by molar-refractivity contribution is 7.99. The number of hydrogen-bond donors (Lipinski definition) is 2. The van der Waals surface area contributed by atoms with Crippen molar-refractivity contribution >= 4 is 34.6 Å². The van der Waals surface area contributed by atoms with Crippen molar-refractivity contribution in [1.82, 2.24) is 19.9 Å². The molecule has 6 nitrogen and oxygen atoms in total. The van der Waals surface area contributed by atoms with E-state index in [4.69, 9.17) is 0 Å². The highest BCUT2D eigenvalue weighted by Gasteiger charge is 2.15. The number of rotatable bonds is 13. The third-order valence-electron chi connectivity index (χ3n) is 5.29. The fourth-order valence-corrected chi connectivity index (χ4v) is 4.35. The maximum atomic E-state index is 13.9. The number of nitrogens with one attached hydrogen (secondary N) is 2. The van der Waals surface area contributed by atoms with Gasteiger partial charge in [-0.05, 0) is 43.5 Å². The molecule has 0 atom stereocenters. The van der Waals surface area contributed by atoms with E-state index in [1.807, 2.05) is 12.1 Å². The molecule has 0 unspecified atom stereocenters. The van der Waals surface area contributed by atoms with Crippen LogP contribution >= 0.6 is 11.8 Å². The molecule has 0 spiro atoms. The minimum Gasteiger partial charge on any atom is -0.332 e. The van der Waals surface area contributed by atoms with Crippen molar-refractivity contribution in [2.45, 2.75) is 57.0 Å². The van der Waals surface area contributed by atoms with Crippen molar-refractivity contribution in [2.75, 3.05) is 24.2 Å². The van der Waals surface area contributed by atoms with Gasteiger partial charge < -0.3 is 15.2 Å². The number of anilines is 1. The Bertz CT molecular complexity index is 996. The van der Waals surface area contributed by atoms with E-state index in [0.717, 1.165) is 79.2 Å². The molecule has 0 bridgehead atoms. The van der Waals surface area contributed by atoms with Gasteiger partial charge in [-0.3, -0.25) is 0 Å². The third kappa shape index (κ3) is 7.99. The molecule has 0 aliphatic carbocycles. The van der Waals surface area contributed by atoms with Gasteiger partial charge in [0.1, 0.15) is 11.6 Å². The molecule has 178 valence electrons. The standard InChI is InChI=1S/C24H31F2N5OS/c1-2-3-4-6-14-31(24(32)29-20-12-11-18(25)17-19(20)26)15-7-5-8-16-33-23-28-21-10-9-13-27-22(21)30-23/h9-13,17H,2-8,14-16H2,1H3,(H,29,32)(H,27,28,30). The highest BCUT2D eigenvalue weighted by atomic mass is 32.2. The molecule has 2 heterocycles. The van der Waals surface area contributed by atoms with E-state index in [-0.39, 0.29) is 11.7 Å². The van der Waals surface area contributed by atoms with Crippen LogP contribution < -0.4 is 5.32 Å². The third-order valence-corrected chi connectivity index (χ3v) is 6.25. The number of fused-ring (bicyclic) bond motifs is 1. The van der Waals surface area contributed by atoms with Crippen molar-refractivity contribution < 1.29 is 13.6 Å². The summed E-state index contributed by atoms with van der Waals surface area (Å²) in [7, 11) is 0. The Balaban J connectivity index is 1.43. The van der Waals surface area contributed by atoms with Crippen LogP contribution in [0.25, 0.3) is 11.2 Å². The average molecular weight is 476 g/mol. The Morgan fingerprint density at radius 2 is 1.88 bits per heavy atom. The Hall–Kier alpha value is -2.68. The minimum absolute atomic E-state index is 0.00307. The van der Waals surface area contributed by atoms with Crippen molar-refractivity contribution in [1.29, 1.82) is 0 Å². The quantitative estimate of drug-likeness (QED) is 0.215. The number of aromatic nitrogens is 3. The lowest BCUT2D eigenvalue weighted by atomic mass is 10.2. The topological polar surface area (TPSA) is 73.9 Å². The maximum absolute atomic E-state index is 13.9. The molecule has 2 amide bonds. The zero-order valence-electron chi connectivity index (χ0n) is 18.9. The van der Waals surface area contributed by atoms with Gasteiger partial charge in [-0.2, -0.15) is 0 Å². The lowest BCUT2D eigenvalue weighted by Crippen LogP contribution is -2.36. The number of amides is 2. The molecule has 0 fully saturated rings. The van der Waals surface area contributed by atoms with E-state index in [1.54, 1.807) is 22.9 Å². The van der Waals surface area contributed by atoms with Gasteiger partial charge in [-0.15, -0.1) is 0 Å². The first-order chi connectivity index (χ1) is 16.1. The molecule has 9 heteroatoms. The Kier molecular flexibility index (Phi) is 9.93. The number of benzene rings is 1. The predicted molar refractivity (Wildman–Crippen MR) is 130 cm³/mol. The number of aromatic amines is 1. The first-order valence-electron chi connectivity index (χ1n) is 11.5. The molecule has 0 aliphatic rings. The van der Waals surface area contributed by atoms with Crippen molar-refractivity contribution in [3.05, 3.63) is 48.2 Å². The maximum Gasteiger partial charge on any atom is 0.321 e. The summed E-state index contributed by atoms with van der Waals surface area (Å²) in [4.78, 5) is 26.4. The Morgan fingerprint density at radius 1 is 1.09 bits per heavy atom. The van der Waals surface area contributed by atoms with E-state index in [9.17, 15) is 13.6 Å². The van der Waals surface area contributed by atoms with Crippen LogP contribution in [-0.4, -0.2) is 44.7 Å². The summed E-state index contributed by atoms with van der Waals surface area (Å²) in [6.07, 6.45) is 8.74. The highest BCUT2D eigenvalue weighted by Crippen LogP contribution is 2.20. The van der Waals surface area contributed by atoms with E-state index >= 15 is 0 Å². The van der Waals surface area contributed by atoms with Gasteiger partial charge in [0, 0.05) is 31.1 Å². The number of unbranched alkanes of at least 4 members (excludes halogenated alkanes) is 5. The van der Waals surface area contributed by atoms with E-state index in [1.165, 1.54) is 6.07 Å². The van der Waals surface area contributed by atoms with Crippen LogP contribution in [0, 0.1) is 11.6 Å². The van der Waals surface area contributed by atoms with Crippen LogP contribution in [-0.2, 0) is 0 Å². The fraction of sp³-hybridized carbons (Fsp3) is 0.458. The van der Waals surface area contributed by atoms with Crippen LogP contribution in [0.15, 0.2) is 41.7 Å². The molecule has 2 N–H and O–H groups in total. The second-order valence-corrected chi connectivity index (χ2v) is 9.01. The number of nitrogens with zero attached hydrogens (tertiary/aromatic N) is 3. The number of carbonyl (C=O) groups excluding carboxylic acids is 1. The molecular weight excluding hydrogens is 444 g/mol. The molecule has 3 rings (SSSR count). The first-order valence-corrected chi connectivity index (χ1v) is 12.5. The number of pyridine rings is 1. The summed E-state index contributed by atoms with van der Waals surface area (Å²) in [5, 5.41) is 3.45. The molecular formula is C24H31F2N5OS. The molecule has 33 heavy (non-hydrogen) atoms. The normalized spacial score (nSPS) is 11.1. The number of urea groups is 1. The van der Waals surface area contributed by atoms with Crippen LogP contribution in [0.4, 0.5) is 19.3 Å². The lowest BCUT2D eigenvalue weighted by Gasteiger charge is -2.23. The van der Waals surface area contributed by atoms with Gasteiger partial charge in [0.2, 0.25) is 0 Å². The summed E-state index contributed by atoms with van der Waals surface area (Å²) in [6.45, 7) is 3.36. The van der Waals surface area contributed by atoms with Crippen molar-refractivity contribution in [2.24, 2.45) is 0 Å². The summed E-state index contributed by atoms with van der Waals surface area (Å²) in [5.41, 5.74) is 1.65. The molecule has 0 radical (unpaired) electrons. The van der Waals surface area contributed by atoms with Crippen molar-refractivity contribution in [3.8, 4) is 0 Å². The van der Waals surface area contributed by atoms with E-state index < -0.39 is 11.6 Å². The smallest absolute Gasteiger partial charge is 0.321 e. The Morgan fingerprint density at radius 3 is 2.61 bits per heavy atom. The van der Waals surface area contributed by atoms with Gasteiger partial charge >= 0.3 is 6.03 Å². The minimum atomic E-state index is -0.771. The zero-order chi connectivity index (χ0) is 23.5. The number of carbonyl (C=O) groups is 1.